The Kier molecular flexibility index (Phi) is 2.80. The molecule has 1 aliphatic carbocycles. The van der Waals surface area contributed by atoms with Crippen LogP contribution in [-0.2, 0) is 19.1 Å². The van der Waals surface area contributed by atoms with E-state index in [2.05, 4.69) is 13.2 Å². The number of rotatable bonds is 1. The van der Waals surface area contributed by atoms with Gasteiger partial charge in [0.25, 0.3) is 0 Å². The van der Waals surface area contributed by atoms with Crippen LogP contribution in [0.5, 0.6) is 0 Å². The van der Waals surface area contributed by atoms with E-state index in [-0.39, 0.29) is 30.3 Å². The maximum absolute atomic E-state index is 11.8. The summed E-state index contributed by atoms with van der Waals surface area (Å²) in [5, 5.41) is 10.4. The predicted octanol–water partition coefficient (Wildman–Crippen LogP) is 0.830. The number of ether oxygens (including phenoxy) is 2. The van der Waals surface area contributed by atoms with Gasteiger partial charge in [0.05, 0.1) is 12.0 Å². The van der Waals surface area contributed by atoms with Crippen LogP contribution in [0, 0.1) is 23.2 Å². The minimum absolute atomic E-state index is 0.144. The molecule has 20 heavy (non-hydrogen) atoms. The van der Waals surface area contributed by atoms with E-state index in [0.717, 1.165) is 0 Å². The van der Waals surface area contributed by atoms with Crippen molar-refractivity contribution in [2.45, 2.75) is 25.6 Å². The molecule has 3 rings (SSSR count). The molecule has 0 unspecified atom stereocenters. The number of carbonyl (C=O) groups excluding carboxylic acids is 2. The van der Waals surface area contributed by atoms with Crippen LogP contribution < -0.4 is 0 Å². The highest BCUT2D eigenvalue weighted by Crippen LogP contribution is 2.55. The number of hydrogen-bond donors (Lipinski definition) is 1. The van der Waals surface area contributed by atoms with Crippen LogP contribution in [0.1, 0.15) is 13.3 Å². The summed E-state index contributed by atoms with van der Waals surface area (Å²) in [5.41, 5.74) is -0.296. The summed E-state index contributed by atoms with van der Waals surface area (Å²) < 4.78 is 10.6. The van der Waals surface area contributed by atoms with Gasteiger partial charge in [0.1, 0.15) is 12.7 Å². The van der Waals surface area contributed by atoms with Crippen molar-refractivity contribution >= 4 is 11.9 Å². The lowest BCUT2D eigenvalue weighted by molar-refractivity contribution is -0.168. The third-order valence-electron chi connectivity index (χ3n) is 5.08. The smallest absolute Gasteiger partial charge is 0.333 e. The molecule has 1 N–H and O–H groups in total. The zero-order chi connectivity index (χ0) is 14.7. The number of hydrogen-bond acceptors (Lipinski definition) is 5. The SMILES string of the molecule is C=C[C@@]12COC(=O)C(=C)[C@@H]1[C@H]1OC(=O)[C@@H](C)[C@@H]1[C@@H](O)C2. The summed E-state index contributed by atoms with van der Waals surface area (Å²) in [4.78, 5) is 23.6. The average Bonchev–Trinajstić information content (AvgIpc) is 2.70. The van der Waals surface area contributed by atoms with Gasteiger partial charge in [-0.1, -0.05) is 19.6 Å². The Morgan fingerprint density at radius 1 is 1.45 bits per heavy atom. The lowest BCUT2D eigenvalue weighted by Gasteiger charge is -2.51. The fraction of sp³-hybridized carbons (Fsp3) is 0.600. The Labute approximate surface area is 117 Å². The first-order valence-electron chi connectivity index (χ1n) is 6.79. The highest BCUT2D eigenvalue weighted by Gasteiger charge is 2.62. The second kappa shape index (κ2) is 4.19. The van der Waals surface area contributed by atoms with E-state index in [4.69, 9.17) is 9.47 Å². The molecule has 0 spiro atoms. The lowest BCUT2D eigenvalue weighted by Crippen LogP contribution is -2.57. The van der Waals surface area contributed by atoms with Crippen LogP contribution >= 0.6 is 0 Å². The summed E-state index contributed by atoms with van der Waals surface area (Å²) in [5.74, 6) is -1.82. The highest BCUT2D eigenvalue weighted by molar-refractivity contribution is 5.90. The molecule has 2 aliphatic heterocycles. The van der Waals surface area contributed by atoms with Crippen molar-refractivity contribution in [1.82, 2.24) is 0 Å². The summed E-state index contributed by atoms with van der Waals surface area (Å²) in [6, 6.07) is 0. The molecule has 3 aliphatic rings. The van der Waals surface area contributed by atoms with Gasteiger partial charge in [-0.3, -0.25) is 4.79 Å². The van der Waals surface area contributed by atoms with Crippen LogP contribution in [0.15, 0.2) is 24.8 Å². The maximum atomic E-state index is 11.8. The summed E-state index contributed by atoms with van der Waals surface area (Å²) in [6.07, 6.45) is 0.890. The van der Waals surface area contributed by atoms with E-state index in [9.17, 15) is 14.7 Å². The second-order valence-electron chi connectivity index (χ2n) is 6.06. The van der Waals surface area contributed by atoms with Gasteiger partial charge in [-0.05, 0) is 6.42 Å². The lowest BCUT2D eigenvalue weighted by atomic mass is 9.57. The number of aliphatic hydroxyl groups excluding tert-OH is 1. The quantitative estimate of drug-likeness (QED) is 0.437. The fourth-order valence-electron chi connectivity index (χ4n) is 3.97. The Bertz CT molecular complexity index is 510. The standard InChI is InChI=1S/C15H18O5/c1-4-15-5-9(16)10-7(2)14(18)20-12(10)11(15)8(3)13(17)19-6-15/h4,7,9-12,16H,1,3,5-6H2,2H3/t7-,9-,10+,11+,12-,15+/m0/s1. The Hall–Kier alpha value is -1.62. The predicted molar refractivity (Wildman–Crippen MR) is 69.4 cm³/mol. The molecule has 0 radical (unpaired) electrons. The highest BCUT2D eigenvalue weighted by atomic mass is 16.6. The zero-order valence-corrected chi connectivity index (χ0v) is 11.4. The molecule has 5 heteroatoms. The van der Waals surface area contributed by atoms with Crippen molar-refractivity contribution in [2.75, 3.05) is 6.61 Å². The van der Waals surface area contributed by atoms with Gasteiger partial charge in [0, 0.05) is 22.8 Å². The van der Waals surface area contributed by atoms with E-state index >= 15 is 0 Å². The molecule has 0 aromatic rings. The van der Waals surface area contributed by atoms with Crippen LogP contribution in [0.25, 0.3) is 0 Å². The molecule has 0 aromatic heterocycles. The Morgan fingerprint density at radius 2 is 2.15 bits per heavy atom. The van der Waals surface area contributed by atoms with Crippen LogP contribution in [0.3, 0.4) is 0 Å². The third kappa shape index (κ3) is 1.53. The first kappa shape index (κ1) is 13.4. The summed E-state index contributed by atoms with van der Waals surface area (Å²) in [7, 11) is 0. The van der Waals surface area contributed by atoms with Crippen molar-refractivity contribution in [1.29, 1.82) is 0 Å². The molecule has 0 bridgehead atoms. The molecule has 108 valence electrons. The van der Waals surface area contributed by atoms with Gasteiger partial charge in [-0.15, -0.1) is 6.58 Å². The van der Waals surface area contributed by atoms with Crippen LogP contribution in [-0.4, -0.2) is 35.9 Å². The van der Waals surface area contributed by atoms with Gasteiger partial charge < -0.3 is 14.6 Å². The van der Waals surface area contributed by atoms with E-state index in [1.165, 1.54) is 0 Å². The van der Waals surface area contributed by atoms with E-state index in [0.29, 0.717) is 12.0 Å². The monoisotopic (exact) mass is 278 g/mol. The Balaban J connectivity index is 2.07. The number of esters is 2. The van der Waals surface area contributed by atoms with Crippen molar-refractivity contribution in [3.63, 3.8) is 0 Å². The normalized spacial score (nSPS) is 47.1. The first-order valence-corrected chi connectivity index (χ1v) is 6.79. The van der Waals surface area contributed by atoms with Gasteiger partial charge >= 0.3 is 11.9 Å². The second-order valence-corrected chi connectivity index (χ2v) is 6.06. The molecule has 1 saturated carbocycles. The fourth-order valence-corrected chi connectivity index (χ4v) is 3.97. The number of cyclic esters (lactones) is 1. The van der Waals surface area contributed by atoms with E-state index in [1.54, 1.807) is 13.0 Å². The van der Waals surface area contributed by atoms with Gasteiger partial charge in [-0.2, -0.15) is 0 Å². The van der Waals surface area contributed by atoms with Crippen LogP contribution in [0.4, 0.5) is 0 Å². The molecule has 2 saturated heterocycles. The van der Waals surface area contributed by atoms with Crippen molar-refractivity contribution in [2.24, 2.45) is 23.2 Å². The number of fused-ring (bicyclic) bond motifs is 3. The molecular weight excluding hydrogens is 260 g/mol. The number of carbonyl (C=O) groups is 2. The first-order chi connectivity index (χ1) is 9.41. The van der Waals surface area contributed by atoms with Crippen molar-refractivity contribution < 1.29 is 24.2 Å². The third-order valence-corrected chi connectivity index (χ3v) is 5.08. The Morgan fingerprint density at radius 3 is 2.80 bits per heavy atom. The van der Waals surface area contributed by atoms with E-state index < -0.39 is 23.6 Å². The molecular formula is C15H18O5. The largest absolute Gasteiger partial charge is 0.461 e. The number of aliphatic hydroxyl groups is 1. The van der Waals surface area contributed by atoms with Gasteiger partial charge in [-0.25, -0.2) is 4.79 Å². The molecule has 6 atom stereocenters. The summed E-state index contributed by atoms with van der Waals surface area (Å²) >= 11 is 0. The van der Waals surface area contributed by atoms with Gasteiger partial charge in [0.15, 0.2) is 0 Å². The minimum Gasteiger partial charge on any atom is -0.461 e. The van der Waals surface area contributed by atoms with Crippen molar-refractivity contribution in [3.8, 4) is 0 Å². The molecule has 5 nitrogen and oxygen atoms in total. The molecule has 2 heterocycles. The minimum atomic E-state index is -0.680. The van der Waals surface area contributed by atoms with E-state index in [1.807, 2.05) is 0 Å². The topological polar surface area (TPSA) is 72.8 Å². The molecule has 0 aromatic carbocycles. The van der Waals surface area contributed by atoms with Crippen LogP contribution in [0.2, 0.25) is 0 Å². The molecule has 0 amide bonds. The zero-order valence-electron chi connectivity index (χ0n) is 11.4. The van der Waals surface area contributed by atoms with Gasteiger partial charge in [0.2, 0.25) is 0 Å². The summed E-state index contributed by atoms with van der Waals surface area (Å²) in [6.45, 7) is 9.53. The molecule has 3 fully saturated rings. The van der Waals surface area contributed by atoms with Crippen molar-refractivity contribution in [3.05, 3.63) is 24.8 Å². The maximum Gasteiger partial charge on any atom is 0.333 e. The average molecular weight is 278 g/mol.